The molecule has 0 aromatic heterocycles. The minimum absolute atomic E-state index is 0.0927. The average Bonchev–Trinajstić information content (AvgIpc) is 2.44. The lowest BCUT2D eigenvalue weighted by molar-refractivity contribution is -0.137. The summed E-state index contributed by atoms with van der Waals surface area (Å²) in [5, 5.41) is 11.2. The van der Waals surface area contributed by atoms with Crippen LogP contribution < -0.4 is 10.1 Å². The van der Waals surface area contributed by atoms with Gasteiger partial charge >= 0.3 is 5.97 Å². The van der Waals surface area contributed by atoms with Gasteiger partial charge in [-0.3, -0.25) is 9.59 Å². The third kappa shape index (κ3) is 4.77. The molecule has 5 nitrogen and oxygen atoms in total. The monoisotopic (exact) mass is 291 g/mol. The lowest BCUT2D eigenvalue weighted by Crippen LogP contribution is -2.37. The zero-order chi connectivity index (χ0) is 15.2. The van der Waals surface area contributed by atoms with E-state index in [-0.39, 0.29) is 18.9 Å². The Kier molecular flexibility index (Phi) is 5.20. The Balaban J connectivity index is 1.82. The summed E-state index contributed by atoms with van der Waals surface area (Å²) in [5.41, 5.74) is 2.67. The first kappa shape index (κ1) is 15.4. The molecule has 5 heteroatoms. The zero-order valence-electron chi connectivity index (χ0n) is 12.2. The van der Waals surface area contributed by atoms with Crippen molar-refractivity contribution in [2.75, 3.05) is 6.61 Å². The van der Waals surface area contributed by atoms with Crippen molar-refractivity contribution < 1.29 is 19.4 Å². The van der Waals surface area contributed by atoms with E-state index in [1.807, 2.05) is 12.1 Å². The van der Waals surface area contributed by atoms with Crippen LogP contribution in [0.25, 0.3) is 0 Å². The summed E-state index contributed by atoms with van der Waals surface area (Å²) in [7, 11) is 0. The number of aryl methyl sites for hydroxylation is 2. The van der Waals surface area contributed by atoms with Crippen molar-refractivity contribution in [2.45, 2.75) is 45.1 Å². The maximum atomic E-state index is 11.7. The van der Waals surface area contributed by atoms with Crippen molar-refractivity contribution in [3.05, 3.63) is 29.3 Å². The summed E-state index contributed by atoms with van der Waals surface area (Å²) in [6.45, 7) is 1.56. The number of amides is 1. The standard InChI is InChI=1S/C16H21NO4/c1-11(8-16(19)20)17-15(18)10-21-14-7-6-12-4-2-3-5-13(12)9-14/h6-7,9,11H,2-5,8,10H2,1H3,(H,17,18)(H,19,20). The van der Waals surface area contributed by atoms with Crippen molar-refractivity contribution >= 4 is 11.9 Å². The smallest absolute Gasteiger partial charge is 0.305 e. The molecule has 0 saturated heterocycles. The number of fused-ring (bicyclic) bond motifs is 1. The Morgan fingerprint density at radius 2 is 2.00 bits per heavy atom. The second kappa shape index (κ2) is 7.11. The summed E-state index contributed by atoms with van der Waals surface area (Å²) in [4.78, 5) is 22.2. The van der Waals surface area contributed by atoms with Gasteiger partial charge in [-0.2, -0.15) is 0 Å². The number of carboxylic acids is 1. The Bertz CT molecular complexity index is 527. The molecule has 0 spiro atoms. The van der Waals surface area contributed by atoms with E-state index in [0.29, 0.717) is 5.75 Å². The maximum Gasteiger partial charge on any atom is 0.305 e. The van der Waals surface area contributed by atoms with E-state index in [4.69, 9.17) is 9.84 Å². The SMILES string of the molecule is CC(CC(=O)O)NC(=O)COc1ccc2c(c1)CCCC2. The highest BCUT2D eigenvalue weighted by molar-refractivity contribution is 5.78. The Morgan fingerprint density at radius 1 is 1.29 bits per heavy atom. The van der Waals surface area contributed by atoms with Crippen molar-refractivity contribution in [2.24, 2.45) is 0 Å². The normalized spacial score (nSPS) is 14.9. The number of hydrogen-bond acceptors (Lipinski definition) is 3. The minimum atomic E-state index is -0.932. The van der Waals surface area contributed by atoms with Gasteiger partial charge in [0.15, 0.2) is 6.61 Å². The number of carbonyl (C=O) groups is 2. The van der Waals surface area contributed by atoms with Crippen LogP contribution in [0.4, 0.5) is 0 Å². The van der Waals surface area contributed by atoms with Crippen molar-refractivity contribution in [3.8, 4) is 5.75 Å². The van der Waals surface area contributed by atoms with Crippen molar-refractivity contribution in [1.29, 1.82) is 0 Å². The van der Waals surface area contributed by atoms with Crippen LogP contribution in [0, 0.1) is 0 Å². The Morgan fingerprint density at radius 3 is 2.71 bits per heavy atom. The van der Waals surface area contributed by atoms with Gasteiger partial charge in [0.05, 0.1) is 6.42 Å². The molecule has 0 bridgehead atoms. The molecular formula is C16H21NO4. The van der Waals surface area contributed by atoms with Gasteiger partial charge in [0.1, 0.15) is 5.75 Å². The fourth-order valence-corrected chi connectivity index (χ4v) is 2.58. The van der Waals surface area contributed by atoms with Crippen LogP contribution >= 0.6 is 0 Å². The van der Waals surface area contributed by atoms with Gasteiger partial charge in [0.2, 0.25) is 0 Å². The first-order valence-electron chi connectivity index (χ1n) is 7.30. The van der Waals surface area contributed by atoms with Crippen LogP contribution in [-0.2, 0) is 22.4 Å². The predicted octanol–water partition coefficient (Wildman–Crippen LogP) is 1.92. The number of rotatable bonds is 6. The van der Waals surface area contributed by atoms with E-state index in [2.05, 4.69) is 11.4 Å². The first-order chi connectivity index (χ1) is 10.0. The van der Waals surface area contributed by atoms with Gasteiger partial charge < -0.3 is 15.2 Å². The fraction of sp³-hybridized carbons (Fsp3) is 0.500. The van der Waals surface area contributed by atoms with Crippen LogP contribution in [0.3, 0.4) is 0 Å². The van der Waals surface area contributed by atoms with Crippen molar-refractivity contribution in [3.63, 3.8) is 0 Å². The summed E-state index contributed by atoms with van der Waals surface area (Å²) in [6, 6.07) is 5.55. The predicted molar refractivity (Wildman–Crippen MR) is 78.4 cm³/mol. The molecule has 0 saturated carbocycles. The molecule has 0 fully saturated rings. The molecule has 2 N–H and O–H groups in total. The van der Waals surface area contributed by atoms with E-state index in [1.54, 1.807) is 6.92 Å². The highest BCUT2D eigenvalue weighted by Crippen LogP contribution is 2.25. The lowest BCUT2D eigenvalue weighted by Gasteiger charge is -2.17. The Labute approximate surface area is 124 Å². The summed E-state index contributed by atoms with van der Waals surface area (Å²) in [6.07, 6.45) is 4.52. The third-order valence-corrected chi connectivity index (χ3v) is 3.58. The topological polar surface area (TPSA) is 75.6 Å². The van der Waals surface area contributed by atoms with E-state index in [9.17, 15) is 9.59 Å². The Hall–Kier alpha value is -2.04. The molecule has 1 amide bonds. The quantitative estimate of drug-likeness (QED) is 0.839. The van der Waals surface area contributed by atoms with Gasteiger partial charge in [-0.15, -0.1) is 0 Å². The molecule has 0 radical (unpaired) electrons. The number of ether oxygens (including phenoxy) is 1. The molecule has 0 heterocycles. The van der Waals surface area contributed by atoms with Crippen molar-refractivity contribution in [1.82, 2.24) is 5.32 Å². The number of aliphatic carboxylic acids is 1. The molecule has 1 aliphatic carbocycles. The van der Waals surface area contributed by atoms with Gasteiger partial charge in [0.25, 0.3) is 5.91 Å². The molecule has 21 heavy (non-hydrogen) atoms. The third-order valence-electron chi connectivity index (χ3n) is 3.58. The molecule has 1 aromatic carbocycles. The fourth-order valence-electron chi connectivity index (χ4n) is 2.58. The van der Waals surface area contributed by atoms with Gasteiger partial charge in [0, 0.05) is 6.04 Å². The molecule has 1 aliphatic rings. The van der Waals surface area contributed by atoms with Gasteiger partial charge in [-0.05, 0) is 55.9 Å². The number of carboxylic acid groups (broad SMARTS) is 1. The van der Waals surface area contributed by atoms with Crippen LogP contribution in [0.5, 0.6) is 5.75 Å². The number of hydrogen-bond donors (Lipinski definition) is 2. The van der Waals surface area contributed by atoms with E-state index in [1.165, 1.54) is 24.0 Å². The van der Waals surface area contributed by atoms with Crippen LogP contribution in [0.1, 0.15) is 37.3 Å². The summed E-state index contributed by atoms with van der Waals surface area (Å²) >= 11 is 0. The van der Waals surface area contributed by atoms with E-state index < -0.39 is 12.0 Å². The van der Waals surface area contributed by atoms with E-state index >= 15 is 0 Å². The largest absolute Gasteiger partial charge is 0.484 e. The summed E-state index contributed by atoms with van der Waals surface area (Å²) < 4.78 is 5.48. The molecule has 1 aromatic rings. The molecule has 114 valence electrons. The van der Waals surface area contributed by atoms with Crippen LogP contribution in [-0.4, -0.2) is 29.6 Å². The average molecular weight is 291 g/mol. The molecule has 0 aliphatic heterocycles. The highest BCUT2D eigenvalue weighted by atomic mass is 16.5. The van der Waals surface area contributed by atoms with E-state index in [0.717, 1.165) is 12.8 Å². The maximum absolute atomic E-state index is 11.7. The molecule has 1 unspecified atom stereocenters. The molecular weight excluding hydrogens is 270 g/mol. The lowest BCUT2D eigenvalue weighted by atomic mass is 9.92. The number of benzene rings is 1. The van der Waals surface area contributed by atoms with Crippen LogP contribution in [0.2, 0.25) is 0 Å². The molecule has 2 rings (SSSR count). The first-order valence-corrected chi connectivity index (χ1v) is 7.30. The number of carbonyl (C=O) groups excluding carboxylic acids is 1. The zero-order valence-corrected chi connectivity index (χ0v) is 12.2. The minimum Gasteiger partial charge on any atom is -0.484 e. The van der Waals surface area contributed by atoms with Gasteiger partial charge in [-0.1, -0.05) is 6.07 Å². The second-order valence-electron chi connectivity index (χ2n) is 5.49. The molecule has 1 atom stereocenters. The summed E-state index contributed by atoms with van der Waals surface area (Å²) in [5.74, 6) is -0.545. The number of nitrogens with one attached hydrogen (secondary N) is 1. The second-order valence-corrected chi connectivity index (χ2v) is 5.49. The van der Waals surface area contributed by atoms with Gasteiger partial charge in [-0.25, -0.2) is 0 Å². The van der Waals surface area contributed by atoms with Crippen LogP contribution in [0.15, 0.2) is 18.2 Å². The highest BCUT2D eigenvalue weighted by Gasteiger charge is 2.13.